The molecular weight excluding hydrogens is 384 g/mol. The van der Waals surface area contributed by atoms with Crippen molar-refractivity contribution in [1.29, 1.82) is 0 Å². The zero-order valence-electron chi connectivity index (χ0n) is 17.9. The number of rotatable bonds is 2. The van der Waals surface area contributed by atoms with Gasteiger partial charge in [0, 0.05) is 11.5 Å². The Bertz CT molecular complexity index is 1340. The van der Waals surface area contributed by atoms with Gasteiger partial charge in [0.25, 0.3) is 0 Å². The van der Waals surface area contributed by atoms with Crippen LogP contribution in [0.1, 0.15) is 48.9 Å². The van der Waals surface area contributed by atoms with Gasteiger partial charge in [-0.3, -0.25) is 0 Å². The molecule has 0 fully saturated rings. The lowest BCUT2D eigenvalue weighted by molar-refractivity contribution is 0.471. The topological polar surface area (TPSA) is 39.4 Å². The minimum absolute atomic E-state index is 0.0389. The van der Waals surface area contributed by atoms with Crippen molar-refractivity contribution in [2.24, 2.45) is 0 Å². The van der Waals surface area contributed by atoms with Crippen molar-refractivity contribution in [2.45, 2.75) is 32.1 Å². The molecule has 1 unspecified atom stereocenters. The van der Waals surface area contributed by atoms with Crippen LogP contribution in [0.25, 0.3) is 16.7 Å². The first-order chi connectivity index (χ1) is 14.9. The fraction of sp³-hybridized carbons (Fsp3) is 0.179. The van der Waals surface area contributed by atoms with Gasteiger partial charge in [0.15, 0.2) is 0 Å². The molecule has 4 aromatic rings. The fourth-order valence-electron chi connectivity index (χ4n) is 4.09. The maximum absolute atomic E-state index is 13.1. The van der Waals surface area contributed by atoms with E-state index in [4.69, 9.17) is 9.15 Å². The highest BCUT2D eigenvalue weighted by molar-refractivity contribution is 5.88. The average Bonchev–Trinajstić information content (AvgIpc) is 2.79. The highest BCUT2D eigenvalue weighted by Gasteiger charge is 2.30. The van der Waals surface area contributed by atoms with Gasteiger partial charge in [-0.2, -0.15) is 0 Å². The summed E-state index contributed by atoms with van der Waals surface area (Å²) < 4.78 is 12.2. The molecule has 154 valence electrons. The molecule has 1 aliphatic heterocycles. The third-order valence-corrected chi connectivity index (χ3v) is 5.82. The predicted molar refractivity (Wildman–Crippen MR) is 125 cm³/mol. The molecule has 0 amide bonds. The minimum Gasteiger partial charge on any atom is -0.456 e. The highest BCUT2D eigenvalue weighted by Crippen LogP contribution is 2.43. The maximum Gasteiger partial charge on any atom is 0.344 e. The molecule has 0 aliphatic carbocycles. The Kier molecular flexibility index (Phi) is 4.55. The highest BCUT2D eigenvalue weighted by atomic mass is 16.5. The summed E-state index contributed by atoms with van der Waals surface area (Å²) in [4.78, 5) is 13.1. The molecule has 0 saturated carbocycles. The fourth-order valence-corrected chi connectivity index (χ4v) is 4.09. The Hall–Kier alpha value is -3.59. The van der Waals surface area contributed by atoms with E-state index in [1.54, 1.807) is 0 Å². The zero-order valence-corrected chi connectivity index (χ0v) is 17.9. The number of allylic oxidation sites excluding steroid dienone is 1. The van der Waals surface area contributed by atoms with E-state index in [0.29, 0.717) is 16.9 Å². The summed E-state index contributed by atoms with van der Waals surface area (Å²) in [7, 11) is 0. The van der Waals surface area contributed by atoms with E-state index in [-0.39, 0.29) is 17.0 Å². The molecule has 0 bridgehead atoms. The second-order valence-corrected chi connectivity index (χ2v) is 8.98. The molecule has 3 heteroatoms. The number of ether oxygens (including phenoxy) is 1. The van der Waals surface area contributed by atoms with Crippen LogP contribution in [0, 0.1) is 0 Å². The monoisotopic (exact) mass is 408 g/mol. The van der Waals surface area contributed by atoms with E-state index < -0.39 is 0 Å². The molecule has 1 aromatic heterocycles. The van der Waals surface area contributed by atoms with Gasteiger partial charge in [-0.25, -0.2) is 4.79 Å². The lowest BCUT2D eigenvalue weighted by Crippen LogP contribution is -2.20. The second-order valence-electron chi connectivity index (χ2n) is 8.98. The third kappa shape index (κ3) is 3.46. The van der Waals surface area contributed by atoms with E-state index in [2.05, 4.69) is 26.8 Å². The van der Waals surface area contributed by atoms with Gasteiger partial charge in [0.1, 0.15) is 17.1 Å². The normalized spacial score (nSPS) is 15.8. The summed E-state index contributed by atoms with van der Waals surface area (Å²) in [6.45, 7) is 6.51. The number of hydrogen-bond donors (Lipinski definition) is 0. The van der Waals surface area contributed by atoms with Gasteiger partial charge in [-0.1, -0.05) is 87.5 Å². The van der Waals surface area contributed by atoms with Gasteiger partial charge in [0.2, 0.25) is 0 Å². The molecule has 0 spiro atoms. The molecule has 0 N–H and O–H groups in total. The van der Waals surface area contributed by atoms with Crippen molar-refractivity contribution < 1.29 is 9.15 Å². The Labute approximate surface area is 181 Å². The third-order valence-electron chi connectivity index (χ3n) is 5.82. The van der Waals surface area contributed by atoms with E-state index in [9.17, 15) is 4.79 Å². The summed E-state index contributed by atoms with van der Waals surface area (Å²) in [6.07, 6.45) is 2.02. The van der Waals surface area contributed by atoms with Gasteiger partial charge in [-0.15, -0.1) is 0 Å². The van der Waals surface area contributed by atoms with Crippen LogP contribution in [0.15, 0.2) is 94.2 Å². The van der Waals surface area contributed by atoms with Crippen molar-refractivity contribution in [2.75, 3.05) is 0 Å². The average molecular weight is 408 g/mol. The van der Waals surface area contributed by atoms with Crippen LogP contribution in [-0.2, 0) is 5.41 Å². The molecule has 2 heterocycles. The molecule has 1 aliphatic rings. The van der Waals surface area contributed by atoms with Gasteiger partial charge in [-0.05, 0) is 34.8 Å². The number of fused-ring (bicyclic) bond motifs is 3. The number of hydrogen-bond acceptors (Lipinski definition) is 3. The molecule has 3 aromatic carbocycles. The summed E-state index contributed by atoms with van der Waals surface area (Å²) in [5, 5.41) is 0.824. The molecule has 31 heavy (non-hydrogen) atoms. The Balaban J connectivity index is 1.81. The van der Waals surface area contributed by atoms with Crippen molar-refractivity contribution in [3.8, 4) is 5.75 Å². The van der Waals surface area contributed by atoms with E-state index >= 15 is 0 Å². The summed E-state index contributed by atoms with van der Waals surface area (Å²) in [6, 6.07) is 26.0. The molecule has 5 rings (SSSR count). The van der Waals surface area contributed by atoms with Crippen molar-refractivity contribution >= 4 is 16.7 Å². The van der Waals surface area contributed by atoms with E-state index in [1.165, 1.54) is 0 Å². The van der Waals surface area contributed by atoms with Crippen LogP contribution in [0.5, 0.6) is 5.75 Å². The minimum atomic E-state index is -0.358. The maximum atomic E-state index is 13.1. The van der Waals surface area contributed by atoms with Crippen molar-refractivity contribution in [3.05, 3.63) is 118 Å². The van der Waals surface area contributed by atoms with Crippen LogP contribution >= 0.6 is 0 Å². The zero-order chi connectivity index (χ0) is 21.6. The quantitative estimate of drug-likeness (QED) is 0.348. The summed E-state index contributed by atoms with van der Waals surface area (Å²) in [5.41, 5.74) is 3.85. The molecule has 3 nitrogen and oxygen atoms in total. The second kappa shape index (κ2) is 7.28. The Morgan fingerprint density at radius 2 is 1.52 bits per heavy atom. The van der Waals surface area contributed by atoms with Crippen molar-refractivity contribution in [1.82, 2.24) is 0 Å². The molecular formula is C28H24O3. The summed E-state index contributed by atoms with van der Waals surface area (Å²) >= 11 is 0. The van der Waals surface area contributed by atoms with Crippen molar-refractivity contribution in [3.63, 3.8) is 0 Å². The van der Waals surface area contributed by atoms with Crippen LogP contribution in [0.2, 0.25) is 0 Å². The Morgan fingerprint density at radius 3 is 2.19 bits per heavy atom. The SMILES string of the molecule is CC(C)(C)c1ccc2oc(=O)c3c(c2c1)OC(c1ccccc1)=CC3c1ccccc1. The molecule has 0 radical (unpaired) electrons. The predicted octanol–water partition coefficient (Wildman–Crippen LogP) is 6.66. The molecule has 0 saturated heterocycles. The van der Waals surface area contributed by atoms with Gasteiger partial charge >= 0.3 is 5.63 Å². The van der Waals surface area contributed by atoms with E-state index in [0.717, 1.165) is 27.8 Å². The van der Waals surface area contributed by atoms with E-state index in [1.807, 2.05) is 78.9 Å². The van der Waals surface area contributed by atoms with Crippen LogP contribution in [0.4, 0.5) is 0 Å². The largest absolute Gasteiger partial charge is 0.456 e. The standard InChI is InChI=1S/C28H24O3/c1-28(2,3)20-14-15-23-22(16-20)26-25(27(29)31-23)21(18-10-6-4-7-11-18)17-24(30-26)19-12-8-5-9-13-19/h4-17,21H,1-3H3. The lowest BCUT2D eigenvalue weighted by Gasteiger charge is -2.26. The first kappa shape index (κ1) is 19.4. The van der Waals surface area contributed by atoms with Gasteiger partial charge in [0.05, 0.1) is 10.9 Å². The van der Waals surface area contributed by atoms with Crippen LogP contribution < -0.4 is 10.4 Å². The smallest absolute Gasteiger partial charge is 0.344 e. The van der Waals surface area contributed by atoms with Crippen LogP contribution in [0.3, 0.4) is 0 Å². The van der Waals surface area contributed by atoms with Crippen LogP contribution in [-0.4, -0.2) is 0 Å². The Morgan fingerprint density at radius 1 is 0.839 bits per heavy atom. The van der Waals surface area contributed by atoms with Gasteiger partial charge < -0.3 is 9.15 Å². The number of benzene rings is 3. The first-order valence-corrected chi connectivity index (χ1v) is 10.5. The lowest BCUT2D eigenvalue weighted by atomic mass is 9.85. The molecule has 1 atom stereocenters. The summed E-state index contributed by atoms with van der Waals surface area (Å²) in [5.74, 6) is 1.08. The first-order valence-electron chi connectivity index (χ1n) is 10.5.